The van der Waals surface area contributed by atoms with E-state index in [0.29, 0.717) is 16.6 Å². The van der Waals surface area contributed by atoms with Crippen molar-refractivity contribution in [3.05, 3.63) is 74.8 Å². The highest BCUT2D eigenvalue weighted by molar-refractivity contribution is 6.34. The van der Waals surface area contributed by atoms with Crippen LogP contribution in [0.5, 0.6) is 0 Å². The minimum Gasteiger partial charge on any atom is -0.445 e. The lowest BCUT2D eigenvalue weighted by atomic mass is 9.95. The third kappa shape index (κ3) is 5.17. The number of benzene rings is 2. The van der Waals surface area contributed by atoms with Gasteiger partial charge in [0.15, 0.2) is 0 Å². The van der Waals surface area contributed by atoms with Crippen LogP contribution in [0.3, 0.4) is 0 Å². The minimum absolute atomic E-state index is 0.0175. The molecule has 2 aromatic rings. The van der Waals surface area contributed by atoms with Crippen LogP contribution in [0.1, 0.15) is 41.1 Å². The van der Waals surface area contributed by atoms with Crippen molar-refractivity contribution in [2.75, 3.05) is 26.7 Å². The molecule has 0 N–H and O–H groups in total. The summed E-state index contributed by atoms with van der Waals surface area (Å²) in [7, 11) is 1.79. The van der Waals surface area contributed by atoms with Crippen LogP contribution in [0.15, 0.2) is 42.5 Å². The molecule has 0 fully saturated rings. The normalized spacial score (nSPS) is 18.1. The van der Waals surface area contributed by atoms with Gasteiger partial charge in [0.1, 0.15) is 12.9 Å². The topological polar surface area (TPSA) is 49.9 Å². The predicted octanol–water partition coefficient (Wildman–Crippen LogP) is 5.54. The molecule has 0 spiro atoms. The van der Waals surface area contributed by atoms with Gasteiger partial charge in [0.05, 0.1) is 12.6 Å². The van der Waals surface area contributed by atoms with Crippen LogP contribution >= 0.6 is 23.2 Å². The second-order valence-electron chi connectivity index (χ2n) is 8.32. The highest BCUT2D eigenvalue weighted by Crippen LogP contribution is 2.38. The molecule has 168 valence electrons. The van der Waals surface area contributed by atoms with Gasteiger partial charge < -0.3 is 14.4 Å². The van der Waals surface area contributed by atoms with Crippen molar-refractivity contribution < 1.29 is 14.3 Å². The van der Waals surface area contributed by atoms with Crippen LogP contribution in [0.25, 0.3) is 5.57 Å². The van der Waals surface area contributed by atoms with Gasteiger partial charge in [-0.15, -0.1) is 0 Å². The Kier molecular flexibility index (Phi) is 7.19. The first-order chi connectivity index (χ1) is 15.4. The number of hydrogen-bond donors (Lipinski definition) is 0. The Balaban J connectivity index is 1.44. The fourth-order valence-electron chi connectivity index (χ4n) is 4.50. The summed E-state index contributed by atoms with van der Waals surface area (Å²) < 4.78 is 5.53. The molecule has 32 heavy (non-hydrogen) atoms. The Hall–Kier alpha value is -2.34. The average molecular weight is 473 g/mol. The average Bonchev–Trinajstić information content (AvgIpc) is 3.20. The van der Waals surface area contributed by atoms with Crippen molar-refractivity contribution >= 4 is 41.2 Å². The van der Waals surface area contributed by atoms with Gasteiger partial charge in [-0.25, -0.2) is 4.79 Å². The van der Waals surface area contributed by atoms with E-state index in [9.17, 15) is 9.59 Å². The van der Waals surface area contributed by atoms with E-state index in [0.717, 1.165) is 44.2 Å². The van der Waals surface area contributed by atoms with E-state index in [1.54, 1.807) is 30.1 Å². The number of rotatable bonds is 6. The van der Waals surface area contributed by atoms with Crippen LogP contribution in [-0.2, 0) is 22.6 Å². The second-order valence-corrected chi connectivity index (χ2v) is 9.19. The lowest BCUT2D eigenvalue weighted by molar-refractivity contribution is -0.108. The number of halogens is 2. The highest BCUT2D eigenvalue weighted by atomic mass is 35.5. The van der Waals surface area contributed by atoms with Crippen molar-refractivity contribution in [1.29, 1.82) is 0 Å². The maximum Gasteiger partial charge on any atom is 0.410 e. The van der Waals surface area contributed by atoms with Gasteiger partial charge in [0.25, 0.3) is 0 Å². The molecule has 7 heteroatoms. The Morgan fingerprint density at radius 2 is 1.97 bits per heavy atom. The largest absolute Gasteiger partial charge is 0.445 e. The Bertz CT molecular complexity index is 1030. The summed E-state index contributed by atoms with van der Waals surface area (Å²) in [5, 5.41) is 1.03. The van der Waals surface area contributed by atoms with E-state index < -0.39 is 0 Å². The van der Waals surface area contributed by atoms with Crippen LogP contribution < -0.4 is 0 Å². The smallest absolute Gasteiger partial charge is 0.410 e. The maximum atomic E-state index is 12.8. The number of aryl methyl sites for hydroxylation is 1. The van der Waals surface area contributed by atoms with E-state index in [-0.39, 0.29) is 18.7 Å². The molecule has 0 aromatic heterocycles. The van der Waals surface area contributed by atoms with Crippen molar-refractivity contribution in [3.8, 4) is 0 Å². The lowest BCUT2D eigenvalue weighted by Crippen LogP contribution is -2.31. The SMILES string of the molecule is CN(C(=O)OCc1cc(Cl)cc(Cl)c1)C1CCc2ccc(C3=CCN(CC=O)CC3)cc21. The number of carbonyl (C=O) groups excluding carboxylic acids is 2. The molecule has 0 bridgehead atoms. The summed E-state index contributed by atoms with van der Waals surface area (Å²) in [6, 6.07) is 11.7. The van der Waals surface area contributed by atoms with Gasteiger partial charge in [-0.05, 0) is 71.4 Å². The molecule has 1 heterocycles. The molecular weight excluding hydrogens is 447 g/mol. The van der Waals surface area contributed by atoms with Gasteiger partial charge in [-0.3, -0.25) is 4.90 Å². The zero-order valence-electron chi connectivity index (χ0n) is 18.0. The molecular formula is C25H26Cl2N2O3. The number of ether oxygens (including phenoxy) is 1. The molecule has 2 aromatic carbocycles. The van der Waals surface area contributed by atoms with Crippen molar-refractivity contribution in [3.63, 3.8) is 0 Å². The van der Waals surface area contributed by atoms with Crippen molar-refractivity contribution in [2.24, 2.45) is 0 Å². The molecule has 1 aliphatic carbocycles. The first-order valence-electron chi connectivity index (χ1n) is 10.8. The fraction of sp³-hybridized carbons (Fsp3) is 0.360. The zero-order valence-corrected chi connectivity index (χ0v) is 19.5. The summed E-state index contributed by atoms with van der Waals surface area (Å²) in [4.78, 5) is 27.3. The van der Waals surface area contributed by atoms with E-state index in [1.807, 2.05) is 0 Å². The van der Waals surface area contributed by atoms with Crippen molar-refractivity contribution in [2.45, 2.75) is 31.9 Å². The molecule has 2 aliphatic rings. The zero-order chi connectivity index (χ0) is 22.7. The van der Waals surface area contributed by atoms with Gasteiger partial charge >= 0.3 is 6.09 Å². The quantitative estimate of drug-likeness (QED) is 0.518. The predicted molar refractivity (Wildman–Crippen MR) is 127 cm³/mol. The molecule has 1 unspecified atom stereocenters. The molecule has 4 rings (SSSR count). The van der Waals surface area contributed by atoms with Crippen LogP contribution in [0, 0.1) is 0 Å². The van der Waals surface area contributed by atoms with Crippen LogP contribution in [0.4, 0.5) is 4.79 Å². The number of hydrogen-bond acceptors (Lipinski definition) is 4. The Morgan fingerprint density at radius 1 is 1.19 bits per heavy atom. The van der Waals surface area contributed by atoms with E-state index in [2.05, 4.69) is 29.2 Å². The van der Waals surface area contributed by atoms with E-state index in [1.165, 1.54) is 22.3 Å². The second kappa shape index (κ2) is 10.1. The third-order valence-corrected chi connectivity index (χ3v) is 6.67. The van der Waals surface area contributed by atoms with E-state index in [4.69, 9.17) is 27.9 Å². The minimum atomic E-state index is -0.370. The summed E-state index contributed by atoms with van der Waals surface area (Å²) in [6.07, 6.45) is 5.51. The maximum absolute atomic E-state index is 12.8. The third-order valence-electron chi connectivity index (χ3n) is 6.23. The number of amides is 1. The van der Waals surface area contributed by atoms with Crippen molar-refractivity contribution in [1.82, 2.24) is 9.80 Å². The molecule has 1 atom stereocenters. The molecule has 1 aliphatic heterocycles. The number of carbonyl (C=O) groups is 2. The number of aldehydes is 1. The first kappa shape index (κ1) is 22.8. The lowest BCUT2D eigenvalue weighted by Gasteiger charge is -2.26. The summed E-state index contributed by atoms with van der Waals surface area (Å²) >= 11 is 12.1. The molecule has 0 saturated heterocycles. The fourth-order valence-corrected chi connectivity index (χ4v) is 5.07. The summed E-state index contributed by atoms with van der Waals surface area (Å²) in [5.74, 6) is 0. The molecule has 5 nitrogen and oxygen atoms in total. The molecule has 0 radical (unpaired) electrons. The standard InChI is InChI=1S/C25H26Cl2N2O3/c1-28(25(31)32-16-17-12-21(26)15-22(27)13-17)24-5-4-19-2-3-20(14-23(19)24)18-6-8-29(9-7-18)10-11-30/h2-3,6,11-15,24H,4-5,7-10,16H2,1H3. The Morgan fingerprint density at radius 3 is 2.66 bits per heavy atom. The highest BCUT2D eigenvalue weighted by Gasteiger charge is 2.30. The van der Waals surface area contributed by atoms with E-state index >= 15 is 0 Å². The number of nitrogens with zero attached hydrogens (tertiary/aromatic N) is 2. The van der Waals surface area contributed by atoms with Gasteiger partial charge in [-0.2, -0.15) is 0 Å². The molecule has 1 amide bonds. The summed E-state index contributed by atoms with van der Waals surface area (Å²) in [6.45, 7) is 2.26. The first-order valence-corrected chi connectivity index (χ1v) is 11.5. The van der Waals surface area contributed by atoms with Gasteiger partial charge in [0, 0.05) is 30.2 Å². The van der Waals surface area contributed by atoms with Gasteiger partial charge in [-0.1, -0.05) is 41.4 Å². The monoisotopic (exact) mass is 472 g/mol. The van der Waals surface area contributed by atoms with Crippen LogP contribution in [-0.4, -0.2) is 48.9 Å². The molecule has 0 saturated carbocycles. The Labute approximate surface area is 198 Å². The van der Waals surface area contributed by atoms with Crippen LogP contribution in [0.2, 0.25) is 10.0 Å². The van der Waals surface area contributed by atoms with Gasteiger partial charge in [0.2, 0.25) is 0 Å². The summed E-state index contributed by atoms with van der Waals surface area (Å²) in [5.41, 5.74) is 5.70. The number of fused-ring (bicyclic) bond motifs is 1.